The molecule has 0 aliphatic carbocycles. The molecular formula is C15H15N3O2. The fraction of sp³-hybridized carbons (Fsp3) is 0.200. The topological polar surface area (TPSA) is 79.5 Å². The van der Waals surface area contributed by atoms with Gasteiger partial charge in [-0.05, 0) is 12.1 Å². The van der Waals surface area contributed by atoms with Crippen LogP contribution in [-0.4, -0.2) is 34.2 Å². The molecule has 1 aromatic heterocycles. The van der Waals surface area contributed by atoms with Crippen LogP contribution in [-0.2, 0) is 0 Å². The molecule has 3 N–H and O–H groups in total. The molecule has 0 saturated carbocycles. The van der Waals surface area contributed by atoms with Gasteiger partial charge < -0.3 is 15.7 Å². The fourth-order valence-corrected chi connectivity index (χ4v) is 2.36. The first-order valence-corrected chi connectivity index (χ1v) is 6.45. The van der Waals surface area contributed by atoms with E-state index in [0.29, 0.717) is 18.8 Å². The van der Waals surface area contributed by atoms with Gasteiger partial charge in [0, 0.05) is 30.3 Å². The average Bonchev–Trinajstić information content (AvgIpc) is 2.39. The number of hydrogen-bond donors (Lipinski definition) is 2. The molecule has 20 heavy (non-hydrogen) atoms. The smallest absolute Gasteiger partial charge is 0.407 e. The van der Waals surface area contributed by atoms with Crippen molar-refractivity contribution < 1.29 is 9.90 Å². The van der Waals surface area contributed by atoms with Crippen molar-refractivity contribution in [3.63, 3.8) is 0 Å². The first kappa shape index (κ1) is 12.5. The third kappa shape index (κ3) is 2.18. The van der Waals surface area contributed by atoms with Gasteiger partial charge in [0.1, 0.15) is 0 Å². The van der Waals surface area contributed by atoms with Crippen molar-refractivity contribution >= 4 is 11.8 Å². The summed E-state index contributed by atoms with van der Waals surface area (Å²) in [6.45, 7) is 1.00. The molecule has 102 valence electrons. The second-order valence-corrected chi connectivity index (χ2v) is 4.92. The van der Waals surface area contributed by atoms with Crippen LogP contribution in [0.3, 0.4) is 0 Å². The Bertz CT molecular complexity index is 637. The van der Waals surface area contributed by atoms with Gasteiger partial charge >= 0.3 is 6.09 Å². The fourth-order valence-electron chi connectivity index (χ4n) is 2.36. The van der Waals surface area contributed by atoms with E-state index in [1.807, 2.05) is 42.5 Å². The Morgan fingerprint density at radius 3 is 2.55 bits per heavy atom. The predicted octanol–water partition coefficient (Wildman–Crippen LogP) is 2.41. The highest BCUT2D eigenvalue weighted by atomic mass is 16.4. The molecule has 0 spiro atoms. The molecule has 1 fully saturated rings. The molecule has 1 saturated heterocycles. The second kappa shape index (κ2) is 4.85. The summed E-state index contributed by atoms with van der Waals surface area (Å²) >= 11 is 0. The third-order valence-corrected chi connectivity index (χ3v) is 3.57. The lowest BCUT2D eigenvalue weighted by atomic mass is 9.95. The lowest BCUT2D eigenvalue weighted by molar-refractivity contribution is 0.104. The van der Waals surface area contributed by atoms with Gasteiger partial charge in [-0.3, -0.25) is 4.98 Å². The van der Waals surface area contributed by atoms with Crippen LogP contribution in [0.15, 0.2) is 42.5 Å². The van der Waals surface area contributed by atoms with Crippen molar-refractivity contribution in [3.8, 4) is 11.3 Å². The van der Waals surface area contributed by atoms with Gasteiger partial charge in [-0.1, -0.05) is 30.3 Å². The molecule has 5 heteroatoms. The van der Waals surface area contributed by atoms with Crippen LogP contribution in [0.5, 0.6) is 0 Å². The first-order valence-electron chi connectivity index (χ1n) is 6.45. The van der Waals surface area contributed by atoms with Gasteiger partial charge in [0.05, 0.1) is 11.4 Å². The minimum Gasteiger partial charge on any atom is -0.465 e. The van der Waals surface area contributed by atoms with E-state index in [9.17, 15) is 4.79 Å². The number of benzene rings is 1. The number of carboxylic acid groups (broad SMARTS) is 1. The zero-order valence-electron chi connectivity index (χ0n) is 10.9. The van der Waals surface area contributed by atoms with Crippen LogP contribution in [0.4, 0.5) is 10.5 Å². The van der Waals surface area contributed by atoms with Crippen LogP contribution < -0.4 is 5.73 Å². The molecule has 2 aromatic rings. The van der Waals surface area contributed by atoms with Gasteiger partial charge in [0.25, 0.3) is 0 Å². The Morgan fingerprint density at radius 1 is 1.20 bits per heavy atom. The number of nitrogens with two attached hydrogens (primary N) is 1. The van der Waals surface area contributed by atoms with E-state index in [1.165, 1.54) is 4.90 Å². The van der Waals surface area contributed by atoms with E-state index in [0.717, 1.165) is 17.0 Å². The zero-order chi connectivity index (χ0) is 14.1. The molecule has 1 aliphatic rings. The van der Waals surface area contributed by atoms with Crippen molar-refractivity contribution in [1.82, 2.24) is 9.88 Å². The molecule has 3 rings (SSSR count). The van der Waals surface area contributed by atoms with Gasteiger partial charge in [-0.2, -0.15) is 0 Å². The number of likely N-dealkylation sites (tertiary alicyclic amines) is 1. The molecule has 0 atom stereocenters. The number of aromatic nitrogens is 1. The molecule has 1 amide bonds. The lowest BCUT2D eigenvalue weighted by Crippen LogP contribution is -2.48. The Hall–Kier alpha value is -2.56. The summed E-state index contributed by atoms with van der Waals surface area (Å²) < 4.78 is 0. The van der Waals surface area contributed by atoms with Gasteiger partial charge in [-0.25, -0.2) is 4.79 Å². The largest absolute Gasteiger partial charge is 0.465 e. The Labute approximate surface area is 116 Å². The highest BCUT2D eigenvalue weighted by Gasteiger charge is 2.32. The molecule has 1 aromatic carbocycles. The van der Waals surface area contributed by atoms with Crippen LogP contribution in [0.2, 0.25) is 0 Å². The Morgan fingerprint density at radius 2 is 1.90 bits per heavy atom. The molecule has 0 radical (unpaired) electrons. The van der Waals surface area contributed by atoms with Crippen molar-refractivity contribution in [2.24, 2.45) is 0 Å². The number of nitrogen functional groups attached to an aromatic ring is 1. The minimum absolute atomic E-state index is 0.161. The van der Waals surface area contributed by atoms with E-state index < -0.39 is 6.09 Å². The third-order valence-electron chi connectivity index (χ3n) is 3.57. The molecule has 1 aliphatic heterocycles. The molecule has 0 unspecified atom stereocenters. The summed E-state index contributed by atoms with van der Waals surface area (Å²) in [7, 11) is 0. The summed E-state index contributed by atoms with van der Waals surface area (Å²) in [4.78, 5) is 16.8. The average molecular weight is 269 g/mol. The van der Waals surface area contributed by atoms with E-state index in [-0.39, 0.29) is 5.92 Å². The Balaban J connectivity index is 1.87. The molecular weight excluding hydrogens is 254 g/mol. The summed E-state index contributed by atoms with van der Waals surface area (Å²) in [6, 6.07) is 13.5. The number of nitrogens with zero attached hydrogens (tertiary/aromatic N) is 2. The van der Waals surface area contributed by atoms with Crippen LogP contribution in [0, 0.1) is 0 Å². The summed E-state index contributed by atoms with van der Waals surface area (Å²) in [5.74, 6) is 0.161. The first-order chi connectivity index (χ1) is 9.65. The van der Waals surface area contributed by atoms with Crippen molar-refractivity contribution in [2.45, 2.75) is 5.92 Å². The maximum Gasteiger partial charge on any atom is 0.407 e. The van der Waals surface area contributed by atoms with E-state index in [1.54, 1.807) is 0 Å². The van der Waals surface area contributed by atoms with Crippen molar-refractivity contribution in [1.29, 1.82) is 0 Å². The standard InChI is InChI=1S/C15H15N3O2/c16-12-6-7-13(11-8-18(9-11)15(19)20)17-14(12)10-4-2-1-3-5-10/h1-7,11H,8-9,16H2,(H,19,20). The van der Waals surface area contributed by atoms with Crippen LogP contribution in [0.1, 0.15) is 11.6 Å². The summed E-state index contributed by atoms with van der Waals surface area (Å²) in [6.07, 6.45) is -0.875. The number of amides is 1. The van der Waals surface area contributed by atoms with E-state index in [2.05, 4.69) is 4.98 Å². The number of hydrogen-bond acceptors (Lipinski definition) is 3. The maximum atomic E-state index is 10.8. The van der Waals surface area contributed by atoms with Gasteiger partial charge in [0.2, 0.25) is 0 Å². The second-order valence-electron chi connectivity index (χ2n) is 4.92. The number of carbonyl (C=O) groups is 1. The summed E-state index contributed by atoms with van der Waals surface area (Å²) in [5.41, 5.74) is 9.26. The molecule has 2 heterocycles. The highest BCUT2D eigenvalue weighted by Crippen LogP contribution is 2.30. The minimum atomic E-state index is -0.875. The van der Waals surface area contributed by atoms with Crippen LogP contribution >= 0.6 is 0 Å². The lowest BCUT2D eigenvalue weighted by Gasteiger charge is -2.36. The van der Waals surface area contributed by atoms with Crippen molar-refractivity contribution in [3.05, 3.63) is 48.2 Å². The van der Waals surface area contributed by atoms with Crippen LogP contribution in [0.25, 0.3) is 11.3 Å². The van der Waals surface area contributed by atoms with Gasteiger partial charge in [0.15, 0.2) is 0 Å². The molecule has 0 bridgehead atoms. The highest BCUT2D eigenvalue weighted by molar-refractivity contribution is 5.72. The summed E-state index contributed by atoms with van der Waals surface area (Å²) in [5, 5.41) is 8.86. The van der Waals surface area contributed by atoms with Crippen molar-refractivity contribution in [2.75, 3.05) is 18.8 Å². The number of rotatable bonds is 2. The van der Waals surface area contributed by atoms with Gasteiger partial charge in [-0.15, -0.1) is 0 Å². The number of anilines is 1. The zero-order valence-corrected chi connectivity index (χ0v) is 10.9. The van der Waals surface area contributed by atoms with E-state index in [4.69, 9.17) is 10.8 Å². The normalized spacial score (nSPS) is 14.9. The molecule has 5 nitrogen and oxygen atoms in total. The maximum absolute atomic E-state index is 10.8. The SMILES string of the molecule is Nc1ccc(C2CN(C(=O)O)C2)nc1-c1ccccc1. The predicted molar refractivity (Wildman–Crippen MR) is 76.4 cm³/mol. The quantitative estimate of drug-likeness (QED) is 0.877. The Kier molecular flexibility index (Phi) is 3.02. The number of pyridine rings is 1. The monoisotopic (exact) mass is 269 g/mol. The van der Waals surface area contributed by atoms with E-state index >= 15 is 0 Å².